The van der Waals surface area contributed by atoms with Gasteiger partial charge in [-0.3, -0.25) is 0 Å². The molecular formula is C15H20N2O3S. The Balaban J connectivity index is 2.27. The molecule has 0 radical (unpaired) electrons. The minimum atomic E-state index is -3.73. The molecule has 2 rings (SSSR count). The Labute approximate surface area is 125 Å². The number of aliphatic hydroxyl groups is 1. The van der Waals surface area contributed by atoms with Gasteiger partial charge in [0.2, 0.25) is 10.0 Å². The molecule has 0 aromatic heterocycles. The van der Waals surface area contributed by atoms with Gasteiger partial charge in [0.1, 0.15) is 0 Å². The third kappa shape index (κ3) is 3.82. The largest absolute Gasteiger partial charge is 0.391 e. The monoisotopic (exact) mass is 308 g/mol. The fourth-order valence-corrected chi connectivity index (χ4v) is 4.22. The van der Waals surface area contributed by atoms with Crippen LogP contribution in [0.15, 0.2) is 23.1 Å². The lowest BCUT2D eigenvalue weighted by Crippen LogP contribution is -2.42. The Bertz CT molecular complexity index is 649. The van der Waals surface area contributed by atoms with Crippen LogP contribution < -0.4 is 4.72 Å². The third-order valence-electron chi connectivity index (χ3n) is 3.89. The van der Waals surface area contributed by atoms with E-state index in [0.29, 0.717) is 24.0 Å². The molecule has 1 aliphatic carbocycles. The number of rotatable bonds is 3. The predicted octanol–water partition coefficient (Wildman–Crippen LogP) is 1.84. The van der Waals surface area contributed by atoms with Gasteiger partial charge in [0.05, 0.1) is 22.6 Å². The zero-order valence-corrected chi connectivity index (χ0v) is 12.9. The zero-order chi connectivity index (χ0) is 15.5. The molecule has 5 nitrogen and oxygen atoms in total. The van der Waals surface area contributed by atoms with E-state index >= 15 is 0 Å². The summed E-state index contributed by atoms with van der Waals surface area (Å²) in [5, 5.41) is 19.0. The van der Waals surface area contributed by atoms with Crippen molar-refractivity contribution in [3.63, 3.8) is 0 Å². The summed E-state index contributed by atoms with van der Waals surface area (Å²) in [5.41, 5.74) is 0.895. The van der Waals surface area contributed by atoms with E-state index < -0.39 is 22.2 Å². The Kier molecular flexibility index (Phi) is 4.99. The molecule has 0 spiro atoms. The average molecular weight is 308 g/mol. The number of hydrogen-bond donors (Lipinski definition) is 2. The maximum absolute atomic E-state index is 12.5. The van der Waals surface area contributed by atoms with Crippen molar-refractivity contribution in [3.8, 4) is 6.07 Å². The Hall–Kier alpha value is -1.42. The van der Waals surface area contributed by atoms with E-state index in [2.05, 4.69) is 4.72 Å². The number of nitrogens with zero attached hydrogens (tertiary/aromatic N) is 1. The number of aryl methyl sites for hydroxylation is 1. The van der Waals surface area contributed by atoms with Crippen LogP contribution >= 0.6 is 0 Å². The van der Waals surface area contributed by atoms with Crippen LogP contribution in [-0.4, -0.2) is 25.7 Å². The van der Waals surface area contributed by atoms with Gasteiger partial charge in [-0.2, -0.15) is 5.26 Å². The summed E-state index contributed by atoms with van der Waals surface area (Å²) in [6, 6.07) is 6.08. The summed E-state index contributed by atoms with van der Waals surface area (Å²) in [6.45, 7) is 1.69. The molecule has 6 heteroatoms. The van der Waals surface area contributed by atoms with E-state index in [1.54, 1.807) is 19.1 Å². The maximum Gasteiger partial charge on any atom is 0.241 e. The molecule has 21 heavy (non-hydrogen) atoms. The van der Waals surface area contributed by atoms with Crippen molar-refractivity contribution in [2.75, 3.05) is 0 Å². The standard InChI is InChI=1S/C15H20N2O3S/c1-11-7-8-12(10-16)9-15(11)21(19,20)17-13-5-3-2-4-6-14(13)18/h7-9,13-14,17-18H,2-6H2,1H3. The lowest BCUT2D eigenvalue weighted by Gasteiger charge is -2.22. The molecule has 1 saturated carbocycles. The van der Waals surface area contributed by atoms with Crippen LogP contribution in [-0.2, 0) is 10.0 Å². The highest BCUT2D eigenvalue weighted by atomic mass is 32.2. The van der Waals surface area contributed by atoms with Gasteiger partial charge in [0.15, 0.2) is 0 Å². The van der Waals surface area contributed by atoms with E-state index in [0.717, 1.165) is 19.3 Å². The highest BCUT2D eigenvalue weighted by molar-refractivity contribution is 7.89. The fourth-order valence-electron chi connectivity index (χ4n) is 2.65. The van der Waals surface area contributed by atoms with Crippen LogP contribution in [0.4, 0.5) is 0 Å². The van der Waals surface area contributed by atoms with E-state index in [1.165, 1.54) is 6.07 Å². The molecule has 1 aromatic rings. The number of sulfonamides is 1. The molecule has 2 atom stereocenters. The first-order valence-electron chi connectivity index (χ1n) is 7.15. The van der Waals surface area contributed by atoms with Crippen molar-refractivity contribution in [2.24, 2.45) is 0 Å². The Morgan fingerprint density at radius 1 is 1.29 bits per heavy atom. The number of nitrogens with one attached hydrogen (secondary N) is 1. The molecule has 2 N–H and O–H groups in total. The average Bonchev–Trinajstić information content (AvgIpc) is 2.64. The molecule has 0 amide bonds. The first kappa shape index (κ1) is 16.0. The molecule has 0 saturated heterocycles. The van der Waals surface area contributed by atoms with Gasteiger partial charge in [-0.05, 0) is 37.5 Å². The smallest absolute Gasteiger partial charge is 0.241 e. The number of benzene rings is 1. The van der Waals surface area contributed by atoms with E-state index in [9.17, 15) is 13.5 Å². The summed E-state index contributed by atoms with van der Waals surface area (Å²) in [4.78, 5) is 0.109. The number of hydrogen-bond acceptors (Lipinski definition) is 4. The van der Waals surface area contributed by atoms with Gasteiger partial charge >= 0.3 is 0 Å². The Morgan fingerprint density at radius 3 is 2.71 bits per heavy atom. The van der Waals surface area contributed by atoms with Crippen LogP contribution in [0.3, 0.4) is 0 Å². The molecule has 0 bridgehead atoms. The van der Waals surface area contributed by atoms with Crippen molar-refractivity contribution in [3.05, 3.63) is 29.3 Å². The second kappa shape index (κ2) is 6.56. The van der Waals surface area contributed by atoms with Crippen molar-refractivity contribution >= 4 is 10.0 Å². The second-order valence-corrected chi connectivity index (χ2v) is 7.21. The number of nitriles is 1. The summed E-state index contributed by atoms with van der Waals surface area (Å²) in [7, 11) is -3.73. The molecule has 1 fully saturated rings. The molecular weight excluding hydrogens is 288 g/mol. The molecule has 2 unspecified atom stereocenters. The van der Waals surface area contributed by atoms with Crippen LogP contribution in [0.25, 0.3) is 0 Å². The normalized spacial score (nSPS) is 23.3. The first-order valence-corrected chi connectivity index (χ1v) is 8.63. The highest BCUT2D eigenvalue weighted by Crippen LogP contribution is 2.22. The molecule has 1 aliphatic rings. The van der Waals surface area contributed by atoms with Gasteiger partial charge in [0, 0.05) is 6.04 Å². The van der Waals surface area contributed by atoms with E-state index in [1.807, 2.05) is 6.07 Å². The van der Waals surface area contributed by atoms with Crippen LogP contribution in [0.2, 0.25) is 0 Å². The SMILES string of the molecule is Cc1ccc(C#N)cc1S(=O)(=O)NC1CCCCCC1O. The molecule has 0 heterocycles. The van der Waals surface area contributed by atoms with E-state index in [-0.39, 0.29) is 4.90 Å². The van der Waals surface area contributed by atoms with Gasteiger partial charge in [-0.1, -0.05) is 25.3 Å². The first-order chi connectivity index (χ1) is 9.94. The fraction of sp³-hybridized carbons (Fsp3) is 0.533. The summed E-state index contributed by atoms with van der Waals surface area (Å²) < 4.78 is 27.6. The lowest BCUT2D eigenvalue weighted by atomic mass is 10.1. The van der Waals surface area contributed by atoms with Crippen molar-refractivity contribution in [1.29, 1.82) is 5.26 Å². The van der Waals surface area contributed by atoms with Crippen LogP contribution in [0, 0.1) is 18.3 Å². The third-order valence-corrected chi connectivity index (χ3v) is 5.52. The van der Waals surface area contributed by atoms with Gasteiger partial charge in [-0.15, -0.1) is 0 Å². The van der Waals surface area contributed by atoms with Crippen molar-refractivity contribution in [1.82, 2.24) is 4.72 Å². The number of aliphatic hydroxyl groups excluding tert-OH is 1. The van der Waals surface area contributed by atoms with E-state index in [4.69, 9.17) is 5.26 Å². The summed E-state index contributed by atoms with van der Waals surface area (Å²) in [5.74, 6) is 0. The van der Waals surface area contributed by atoms with Gasteiger partial charge < -0.3 is 5.11 Å². The highest BCUT2D eigenvalue weighted by Gasteiger charge is 2.28. The van der Waals surface area contributed by atoms with Crippen LogP contribution in [0.5, 0.6) is 0 Å². The minimum Gasteiger partial charge on any atom is -0.391 e. The molecule has 0 aliphatic heterocycles. The van der Waals surface area contributed by atoms with Crippen LogP contribution in [0.1, 0.15) is 43.2 Å². The molecule has 1 aromatic carbocycles. The minimum absolute atomic E-state index is 0.109. The zero-order valence-electron chi connectivity index (χ0n) is 12.0. The van der Waals surface area contributed by atoms with Crippen molar-refractivity contribution < 1.29 is 13.5 Å². The summed E-state index contributed by atoms with van der Waals surface area (Å²) in [6.07, 6.45) is 3.44. The lowest BCUT2D eigenvalue weighted by molar-refractivity contribution is 0.130. The second-order valence-electron chi connectivity index (χ2n) is 5.53. The maximum atomic E-state index is 12.5. The van der Waals surface area contributed by atoms with Crippen molar-refractivity contribution in [2.45, 2.75) is 56.1 Å². The Morgan fingerprint density at radius 2 is 2.00 bits per heavy atom. The predicted molar refractivity (Wildman–Crippen MR) is 79.1 cm³/mol. The molecule has 114 valence electrons. The quantitative estimate of drug-likeness (QED) is 0.834. The van der Waals surface area contributed by atoms with Gasteiger partial charge in [0.25, 0.3) is 0 Å². The van der Waals surface area contributed by atoms with Gasteiger partial charge in [-0.25, -0.2) is 13.1 Å². The summed E-state index contributed by atoms with van der Waals surface area (Å²) >= 11 is 0. The topological polar surface area (TPSA) is 90.2 Å².